The highest BCUT2D eigenvalue weighted by Gasteiger charge is 2.41. The summed E-state index contributed by atoms with van der Waals surface area (Å²) in [7, 11) is 1.63. The number of hydrogen-bond donors (Lipinski definition) is 1. The molecule has 4 rings (SSSR count). The highest BCUT2D eigenvalue weighted by molar-refractivity contribution is 5.87. The lowest BCUT2D eigenvalue weighted by Gasteiger charge is -2.19. The Hall–Kier alpha value is -3.09. The molecule has 2 atom stereocenters. The molecule has 0 aliphatic carbocycles. The SMILES string of the molecule is CCc1[nH]c(=O)n2c1C(c1ccc(-n3ccnc3C)c(OC)c1)C(C)C2=O. The number of imidazole rings is 2. The van der Waals surface area contributed by atoms with Crippen molar-refractivity contribution in [3.8, 4) is 11.4 Å². The van der Waals surface area contributed by atoms with Crippen LogP contribution >= 0.6 is 0 Å². The first-order valence-electron chi connectivity index (χ1n) is 9.04. The molecule has 27 heavy (non-hydrogen) atoms. The number of carbonyl (C=O) groups excluding carboxylic acids is 1. The van der Waals surface area contributed by atoms with Gasteiger partial charge in [0.15, 0.2) is 0 Å². The first kappa shape index (κ1) is 17.3. The van der Waals surface area contributed by atoms with Crippen molar-refractivity contribution in [3.63, 3.8) is 0 Å². The number of aromatic amines is 1. The van der Waals surface area contributed by atoms with Crippen LogP contribution < -0.4 is 10.4 Å². The Balaban J connectivity index is 1.87. The van der Waals surface area contributed by atoms with Crippen LogP contribution in [0.25, 0.3) is 5.69 Å². The number of hydrogen-bond acceptors (Lipinski definition) is 4. The van der Waals surface area contributed by atoms with Gasteiger partial charge in [0.1, 0.15) is 11.6 Å². The number of aromatic nitrogens is 4. The molecule has 0 saturated heterocycles. The molecule has 1 aliphatic rings. The zero-order valence-electron chi connectivity index (χ0n) is 15.8. The molecule has 3 heterocycles. The van der Waals surface area contributed by atoms with Crippen LogP contribution in [-0.4, -0.2) is 32.1 Å². The minimum absolute atomic E-state index is 0.163. The van der Waals surface area contributed by atoms with E-state index in [1.165, 1.54) is 4.57 Å². The molecule has 0 saturated carbocycles. The fourth-order valence-electron chi connectivity index (χ4n) is 4.06. The van der Waals surface area contributed by atoms with Crippen molar-refractivity contribution in [1.29, 1.82) is 0 Å². The summed E-state index contributed by atoms with van der Waals surface area (Å²) in [5, 5.41) is 0. The number of ether oxygens (including phenoxy) is 1. The molecule has 2 aromatic heterocycles. The highest BCUT2D eigenvalue weighted by atomic mass is 16.5. The van der Waals surface area contributed by atoms with E-state index in [0.717, 1.165) is 28.5 Å². The number of H-pyrrole nitrogens is 1. The molecule has 3 aromatic rings. The Kier molecular flexibility index (Phi) is 4.02. The van der Waals surface area contributed by atoms with Crippen LogP contribution in [0.4, 0.5) is 0 Å². The fraction of sp³-hybridized carbons (Fsp3) is 0.350. The summed E-state index contributed by atoms with van der Waals surface area (Å²) in [4.78, 5) is 32.0. The zero-order chi connectivity index (χ0) is 19.3. The molecule has 140 valence electrons. The van der Waals surface area contributed by atoms with E-state index in [4.69, 9.17) is 4.74 Å². The Morgan fingerprint density at radius 2 is 2.07 bits per heavy atom. The van der Waals surface area contributed by atoms with Gasteiger partial charge >= 0.3 is 5.69 Å². The van der Waals surface area contributed by atoms with Crippen LogP contribution in [0.3, 0.4) is 0 Å². The number of aryl methyl sites for hydroxylation is 2. The largest absolute Gasteiger partial charge is 0.495 e. The molecule has 1 aromatic carbocycles. The lowest BCUT2D eigenvalue weighted by Crippen LogP contribution is -2.24. The molecule has 1 aliphatic heterocycles. The van der Waals surface area contributed by atoms with Gasteiger partial charge in [-0.2, -0.15) is 0 Å². The number of methoxy groups -OCH3 is 1. The van der Waals surface area contributed by atoms with Crippen molar-refractivity contribution in [1.82, 2.24) is 19.1 Å². The predicted octanol–water partition coefficient (Wildman–Crippen LogP) is 2.66. The summed E-state index contributed by atoms with van der Waals surface area (Å²) in [6.07, 6.45) is 4.29. The van der Waals surface area contributed by atoms with Crippen molar-refractivity contribution in [2.75, 3.05) is 7.11 Å². The van der Waals surface area contributed by atoms with Crippen LogP contribution in [0, 0.1) is 12.8 Å². The third-order valence-electron chi connectivity index (χ3n) is 5.42. The second-order valence-electron chi connectivity index (χ2n) is 6.86. The zero-order valence-corrected chi connectivity index (χ0v) is 15.8. The van der Waals surface area contributed by atoms with E-state index in [1.54, 1.807) is 13.3 Å². The molecule has 0 radical (unpaired) electrons. The topological polar surface area (TPSA) is 81.9 Å². The van der Waals surface area contributed by atoms with Gasteiger partial charge in [-0.05, 0) is 31.0 Å². The van der Waals surface area contributed by atoms with Gasteiger partial charge < -0.3 is 14.3 Å². The molecule has 1 N–H and O–H groups in total. The van der Waals surface area contributed by atoms with Crippen molar-refractivity contribution < 1.29 is 9.53 Å². The average Bonchev–Trinajstić information content (AvgIpc) is 3.31. The minimum Gasteiger partial charge on any atom is -0.495 e. The molecular weight excluding hydrogens is 344 g/mol. The Labute approximate surface area is 156 Å². The second kappa shape index (κ2) is 6.26. The molecule has 7 heteroatoms. The maximum atomic E-state index is 12.7. The molecule has 0 fully saturated rings. The van der Waals surface area contributed by atoms with Crippen LogP contribution in [-0.2, 0) is 6.42 Å². The standard InChI is InChI=1S/C20H22N4O3/c1-5-14-18-17(11(2)19(25)24(18)20(26)22-14)13-6-7-15(16(10-13)27-4)23-9-8-21-12(23)3/h6-11,17H,5H2,1-4H3,(H,22,26). The summed E-state index contributed by atoms with van der Waals surface area (Å²) in [5.74, 6) is 0.904. The lowest BCUT2D eigenvalue weighted by molar-refractivity contribution is 0.0865. The molecule has 0 bridgehead atoms. The summed E-state index contributed by atoms with van der Waals surface area (Å²) in [5.41, 5.74) is 3.08. The van der Waals surface area contributed by atoms with Gasteiger partial charge in [-0.1, -0.05) is 19.9 Å². The van der Waals surface area contributed by atoms with E-state index in [0.29, 0.717) is 12.2 Å². The molecule has 0 spiro atoms. The van der Waals surface area contributed by atoms with E-state index in [1.807, 2.05) is 49.7 Å². The van der Waals surface area contributed by atoms with Crippen LogP contribution in [0.1, 0.15) is 47.3 Å². The Morgan fingerprint density at radius 3 is 2.70 bits per heavy atom. The predicted molar refractivity (Wildman–Crippen MR) is 101 cm³/mol. The number of benzene rings is 1. The first-order chi connectivity index (χ1) is 13.0. The van der Waals surface area contributed by atoms with Crippen molar-refractivity contribution in [2.24, 2.45) is 5.92 Å². The Bertz CT molecular complexity index is 1090. The van der Waals surface area contributed by atoms with Gasteiger partial charge in [0.25, 0.3) is 0 Å². The lowest BCUT2D eigenvalue weighted by atomic mass is 9.85. The van der Waals surface area contributed by atoms with E-state index < -0.39 is 0 Å². The number of fused-ring (bicyclic) bond motifs is 1. The molecule has 2 unspecified atom stereocenters. The second-order valence-corrected chi connectivity index (χ2v) is 6.86. The summed E-state index contributed by atoms with van der Waals surface area (Å²) in [6, 6.07) is 5.92. The van der Waals surface area contributed by atoms with Gasteiger partial charge in [0.2, 0.25) is 5.91 Å². The summed E-state index contributed by atoms with van der Waals surface area (Å²) < 4.78 is 8.88. The number of rotatable bonds is 4. The quantitative estimate of drug-likeness (QED) is 0.770. The summed E-state index contributed by atoms with van der Waals surface area (Å²) in [6.45, 7) is 5.78. The van der Waals surface area contributed by atoms with Gasteiger partial charge in [-0.15, -0.1) is 0 Å². The first-order valence-corrected chi connectivity index (χ1v) is 9.04. The van der Waals surface area contributed by atoms with Gasteiger partial charge in [-0.3, -0.25) is 4.79 Å². The minimum atomic E-state index is -0.348. The van der Waals surface area contributed by atoms with Crippen LogP contribution in [0.15, 0.2) is 35.4 Å². The maximum Gasteiger partial charge on any atom is 0.332 e. The van der Waals surface area contributed by atoms with Crippen molar-refractivity contribution >= 4 is 5.91 Å². The third-order valence-corrected chi connectivity index (χ3v) is 5.42. The van der Waals surface area contributed by atoms with Crippen LogP contribution in [0.2, 0.25) is 0 Å². The fourth-order valence-corrected chi connectivity index (χ4v) is 4.06. The van der Waals surface area contributed by atoms with Crippen molar-refractivity contribution in [2.45, 2.75) is 33.1 Å². The Morgan fingerprint density at radius 1 is 1.30 bits per heavy atom. The monoisotopic (exact) mass is 366 g/mol. The average molecular weight is 366 g/mol. The van der Waals surface area contributed by atoms with E-state index >= 15 is 0 Å². The van der Waals surface area contributed by atoms with Gasteiger partial charge in [-0.25, -0.2) is 14.3 Å². The van der Waals surface area contributed by atoms with Crippen molar-refractivity contribution in [3.05, 3.63) is 63.9 Å². The molecule has 7 nitrogen and oxygen atoms in total. The smallest absolute Gasteiger partial charge is 0.332 e. The molecular formula is C20H22N4O3. The molecule has 0 amide bonds. The van der Waals surface area contributed by atoms with Gasteiger partial charge in [0.05, 0.1) is 18.5 Å². The maximum absolute atomic E-state index is 12.7. The highest BCUT2D eigenvalue weighted by Crippen LogP contribution is 2.41. The van der Waals surface area contributed by atoms with E-state index in [9.17, 15) is 9.59 Å². The number of carbonyl (C=O) groups is 1. The van der Waals surface area contributed by atoms with Crippen LogP contribution in [0.5, 0.6) is 5.75 Å². The number of nitrogens with one attached hydrogen (secondary N) is 1. The van der Waals surface area contributed by atoms with Gasteiger partial charge in [0, 0.05) is 29.9 Å². The number of nitrogens with zero attached hydrogens (tertiary/aromatic N) is 3. The van der Waals surface area contributed by atoms with E-state index in [2.05, 4.69) is 9.97 Å². The third kappa shape index (κ3) is 2.45. The normalized spacial score (nSPS) is 18.7. The summed E-state index contributed by atoms with van der Waals surface area (Å²) >= 11 is 0. The van der Waals surface area contributed by atoms with E-state index in [-0.39, 0.29) is 23.4 Å².